The van der Waals surface area contributed by atoms with Crippen molar-refractivity contribution in [1.29, 1.82) is 0 Å². The summed E-state index contributed by atoms with van der Waals surface area (Å²) in [6.45, 7) is 0. The summed E-state index contributed by atoms with van der Waals surface area (Å²) in [6, 6.07) is 0. The molecule has 0 aromatic heterocycles. The Kier molecular flexibility index (Phi) is 152. The fraction of sp³-hybridized carbons (Fsp3) is 0. The van der Waals surface area contributed by atoms with Gasteiger partial charge in [-0.15, -0.1) is 0 Å². The topological polar surface area (TPSA) is 172 Å². The third-order valence-corrected chi connectivity index (χ3v) is 0. The Hall–Kier alpha value is 5.01. The van der Waals surface area contributed by atoms with Crippen molar-refractivity contribution in [2.75, 3.05) is 0 Å². The Morgan fingerprint density at radius 3 is 0.474 bits per heavy atom. The van der Waals surface area contributed by atoms with Crippen molar-refractivity contribution in [3.8, 4) is 0 Å². The zero-order valence-corrected chi connectivity index (χ0v) is 14.0. The Bertz CT molecular complexity index is 153. The summed E-state index contributed by atoms with van der Waals surface area (Å²) in [5.74, 6) is 0. The summed E-state index contributed by atoms with van der Waals surface area (Å²) < 4.78 is 17.1. The van der Waals surface area contributed by atoms with Gasteiger partial charge in [-0.1, -0.05) is 0 Å². The van der Waals surface area contributed by atoms with Crippen LogP contribution in [-0.4, -0.2) is 56.6 Å². The second kappa shape index (κ2) is 38.5. The second-order valence-electron chi connectivity index (χ2n) is 0.894. The monoisotopic (exact) mass is 565 g/mol. The molecule has 0 aliphatic heterocycles. The molecule has 0 aliphatic carbocycles. The Balaban J connectivity index is -0.00000000508. The van der Waals surface area contributed by atoms with Gasteiger partial charge in [0, 0.05) is 50.3 Å². The molecule has 0 N–H and O–H groups in total. The van der Waals surface area contributed by atoms with Crippen molar-refractivity contribution in [3.05, 3.63) is 0 Å². The normalized spacial score (nSPS) is 6.21. The molecule has 19 heavy (non-hydrogen) atoms. The average molecular weight is 567 g/mol. The molecule has 0 atom stereocenters. The van der Waals surface area contributed by atoms with Gasteiger partial charge >= 0.3 is 106 Å². The molecule has 0 amide bonds. The van der Waals surface area contributed by atoms with E-state index in [4.69, 9.17) is 38.5 Å². The van der Waals surface area contributed by atoms with Crippen LogP contribution in [0.5, 0.6) is 0 Å². The van der Waals surface area contributed by atoms with E-state index in [1.165, 1.54) is 0 Å². The van der Waals surface area contributed by atoms with Crippen LogP contribution in [0.2, 0.25) is 0 Å². The van der Waals surface area contributed by atoms with E-state index in [9.17, 15) is 0 Å². The van der Waals surface area contributed by atoms with E-state index in [1.807, 2.05) is 0 Å². The minimum atomic E-state index is -5.39. The zero-order chi connectivity index (χ0) is 9.00. The van der Waals surface area contributed by atoms with Crippen LogP contribution in [-0.2, 0) is 109 Å². The number of hydrogen-bond acceptors (Lipinski definition) is 8. The molecule has 0 rings (SSSR count). The van der Waals surface area contributed by atoms with Gasteiger partial charge in [-0.05, 0) is 0 Å². The van der Waals surface area contributed by atoms with Gasteiger partial charge in [0.05, 0.1) is 0 Å². The Labute approximate surface area is 207 Å². The molecule has 0 heterocycles. The van der Waals surface area contributed by atoms with Crippen molar-refractivity contribution in [3.63, 3.8) is 0 Å². The molecule has 0 aliphatic rings. The van der Waals surface area contributed by atoms with Crippen LogP contribution in [0, 0.1) is 0 Å². The molecule has 0 bridgehead atoms. The summed E-state index contributed by atoms with van der Waals surface area (Å²) in [6.07, 6.45) is 0. The standard InChI is InChI=1S/3Co.3Li.3Ni.2H3O4P.3H/c;;;;;;;;;2*1-5(2,3)4;;;/h;;;;;;;;;2*(H3,1,2,3,4);;;/q;;;;;;3*+2;;;;;/p-6. The molecule has 19 heteroatoms. The van der Waals surface area contributed by atoms with Gasteiger partial charge in [-0.2, -0.15) is 15.6 Å². The molecular weight excluding hydrogens is 564 g/mol. The predicted octanol–water partition coefficient (Wildman–Crippen LogP) is -7.61. The van der Waals surface area contributed by atoms with E-state index < -0.39 is 15.6 Å². The number of hydrogen-bond donors (Lipinski definition) is 0. The first-order chi connectivity index (χ1) is 4.00. The minimum Gasteiger partial charge on any atom is 2.00 e. The maximum absolute atomic E-state index is 8.55. The van der Waals surface area contributed by atoms with Gasteiger partial charge in [0.1, 0.15) is 0 Å². The van der Waals surface area contributed by atoms with Crippen LogP contribution in [0.1, 0.15) is 0 Å². The third-order valence-electron chi connectivity index (χ3n) is 0. The van der Waals surface area contributed by atoms with Crippen molar-refractivity contribution >= 4 is 72.2 Å². The van der Waals surface area contributed by atoms with Crippen LogP contribution in [0.3, 0.4) is 0 Å². The molecule has 121 valence electrons. The van der Waals surface area contributed by atoms with Crippen molar-refractivity contribution in [2.45, 2.75) is 0 Å². The molecule has 8 nitrogen and oxygen atoms in total. The predicted molar refractivity (Wildman–Crippen MR) is 36.7 cm³/mol. The number of phosphoric acid groups is 2. The van der Waals surface area contributed by atoms with E-state index in [0.29, 0.717) is 0 Å². The van der Waals surface area contributed by atoms with Crippen LogP contribution in [0.15, 0.2) is 0 Å². The molecule has 0 saturated heterocycles. The van der Waals surface area contributed by atoms with Crippen molar-refractivity contribution in [2.24, 2.45) is 0 Å². The Morgan fingerprint density at radius 1 is 0.474 bits per heavy atom. The van der Waals surface area contributed by atoms with Gasteiger partial charge in [0.2, 0.25) is 0 Å². The summed E-state index contributed by atoms with van der Waals surface area (Å²) in [5.41, 5.74) is 0. The average Bonchev–Trinajstić information content (AvgIpc) is 1.12. The van der Waals surface area contributed by atoms with Gasteiger partial charge in [-0.3, -0.25) is 0 Å². The first-order valence-corrected chi connectivity index (χ1v) is 4.38. The molecule has 0 spiro atoms. The minimum absolute atomic E-state index is 0. The fourth-order valence-corrected chi connectivity index (χ4v) is 0. The van der Waals surface area contributed by atoms with Gasteiger partial charge in [0.15, 0.2) is 0 Å². The molecule has 0 unspecified atom stereocenters. The first kappa shape index (κ1) is 75.1. The fourth-order valence-electron chi connectivity index (χ4n) is 0. The maximum atomic E-state index is 8.55. The van der Waals surface area contributed by atoms with E-state index in [-0.39, 0.29) is 156 Å². The van der Waals surface area contributed by atoms with Crippen molar-refractivity contribution < 1.29 is 138 Å². The molecule has 0 aromatic carbocycles. The maximum Gasteiger partial charge on any atom is 2.00 e. The summed E-state index contributed by atoms with van der Waals surface area (Å²) in [5, 5.41) is 0. The van der Waals surface area contributed by atoms with E-state index in [0.717, 1.165) is 0 Å². The second-order valence-corrected chi connectivity index (χ2v) is 2.68. The van der Waals surface area contributed by atoms with Crippen LogP contribution < -0.4 is 29.4 Å². The molecule has 0 aromatic rings. The van der Waals surface area contributed by atoms with Crippen molar-refractivity contribution in [1.82, 2.24) is 0 Å². The van der Waals surface area contributed by atoms with Crippen LogP contribution in [0.25, 0.3) is 0 Å². The number of rotatable bonds is 0. The van der Waals surface area contributed by atoms with Gasteiger partial charge in [-0.25, -0.2) is 0 Å². The molecule has 3 radical (unpaired) electrons. The van der Waals surface area contributed by atoms with Gasteiger partial charge in [0.25, 0.3) is 0 Å². The van der Waals surface area contributed by atoms with E-state index in [2.05, 4.69) is 0 Å². The molecular formula is H3Co3Li3Ni3O8P2. The van der Waals surface area contributed by atoms with E-state index in [1.54, 1.807) is 0 Å². The summed E-state index contributed by atoms with van der Waals surface area (Å²) in [4.78, 5) is 51.3. The third kappa shape index (κ3) is 404. The molecule has 0 saturated carbocycles. The molecule has 0 fully saturated rings. The summed E-state index contributed by atoms with van der Waals surface area (Å²) >= 11 is 0. The summed E-state index contributed by atoms with van der Waals surface area (Å²) in [7, 11) is -10.8. The first-order valence-electron chi connectivity index (χ1n) is 1.46. The largest absolute Gasteiger partial charge is 2.00 e. The Morgan fingerprint density at radius 2 is 0.474 bits per heavy atom. The van der Waals surface area contributed by atoms with Crippen LogP contribution in [0.4, 0.5) is 0 Å². The smallest absolute Gasteiger partial charge is 2.00 e. The zero-order valence-electron chi connectivity index (χ0n) is 6.11. The van der Waals surface area contributed by atoms with Crippen LogP contribution >= 0.6 is 15.6 Å². The van der Waals surface area contributed by atoms with Gasteiger partial charge < -0.3 is 38.5 Å². The SMILES string of the molecule is O=P([O-])([O-])[O-].O=P([O-])([O-])[O-].[Co].[Co].[Co].[LiH].[LiH].[LiH].[Ni+2].[Ni+2].[Ni+2]. The quantitative estimate of drug-likeness (QED) is 0.205. The van der Waals surface area contributed by atoms with E-state index >= 15 is 0 Å².